The molecule has 142 valence electrons. The standard InChI is InChI=1S/C19H22N4O3S/c24-18(12-14-9-11-27(25,26)13-14)20-16-7-5-15(6-8-16)19-22-21-17-4-2-1-3-10-23(17)19/h5-9,11,14H,1-4,10,12-13H2,(H,20,24). The fourth-order valence-electron chi connectivity index (χ4n) is 3.62. The molecule has 1 unspecified atom stereocenters. The third kappa shape index (κ3) is 4.10. The monoisotopic (exact) mass is 386 g/mol. The average molecular weight is 386 g/mol. The smallest absolute Gasteiger partial charge is 0.224 e. The van der Waals surface area contributed by atoms with Crippen molar-refractivity contribution in [2.45, 2.75) is 38.6 Å². The Kier molecular flexibility index (Phi) is 4.82. The van der Waals surface area contributed by atoms with Crippen molar-refractivity contribution in [1.82, 2.24) is 14.8 Å². The summed E-state index contributed by atoms with van der Waals surface area (Å²) in [4.78, 5) is 12.2. The van der Waals surface area contributed by atoms with Gasteiger partial charge in [0.05, 0.1) is 5.75 Å². The Labute approximate surface area is 158 Å². The molecular formula is C19H22N4O3S. The fourth-order valence-corrected chi connectivity index (χ4v) is 5.02. The highest BCUT2D eigenvalue weighted by Crippen LogP contribution is 2.24. The van der Waals surface area contributed by atoms with E-state index in [0.717, 1.165) is 43.0 Å². The van der Waals surface area contributed by atoms with Crippen LogP contribution in [0.1, 0.15) is 31.5 Å². The molecule has 3 heterocycles. The molecule has 4 rings (SSSR count). The van der Waals surface area contributed by atoms with Crippen molar-refractivity contribution in [3.05, 3.63) is 41.6 Å². The van der Waals surface area contributed by atoms with E-state index in [4.69, 9.17) is 0 Å². The zero-order chi connectivity index (χ0) is 18.9. The minimum atomic E-state index is -3.13. The predicted octanol–water partition coefficient (Wildman–Crippen LogP) is 2.56. The molecule has 1 N–H and O–H groups in total. The first-order valence-corrected chi connectivity index (χ1v) is 10.9. The number of allylic oxidation sites excluding steroid dienone is 1. The van der Waals surface area contributed by atoms with Crippen LogP contribution in [-0.4, -0.2) is 34.8 Å². The molecule has 0 radical (unpaired) electrons. The number of hydrogen-bond donors (Lipinski definition) is 1. The number of fused-ring (bicyclic) bond motifs is 1. The highest BCUT2D eigenvalue weighted by molar-refractivity contribution is 7.94. The Hall–Kier alpha value is -2.48. The minimum absolute atomic E-state index is 0.0113. The lowest BCUT2D eigenvalue weighted by molar-refractivity contribution is -0.116. The van der Waals surface area contributed by atoms with E-state index in [1.165, 1.54) is 11.8 Å². The van der Waals surface area contributed by atoms with Crippen LogP contribution in [0.3, 0.4) is 0 Å². The Bertz CT molecular complexity index is 977. The number of rotatable bonds is 4. The lowest BCUT2D eigenvalue weighted by Crippen LogP contribution is -2.17. The number of benzene rings is 1. The Morgan fingerprint density at radius 1 is 1.15 bits per heavy atom. The molecule has 0 aliphatic carbocycles. The molecule has 2 aliphatic heterocycles. The maximum Gasteiger partial charge on any atom is 0.224 e. The Morgan fingerprint density at radius 3 is 2.70 bits per heavy atom. The van der Waals surface area contributed by atoms with Gasteiger partial charge in [0.1, 0.15) is 5.82 Å². The van der Waals surface area contributed by atoms with Crippen molar-refractivity contribution >= 4 is 21.4 Å². The molecule has 0 fully saturated rings. The molecule has 0 bridgehead atoms. The van der Waals surface area contributed by atoms with Gasteiger partial charge < -0.3 is 9.88 Å². The highest BCUT2D eigenvalue weighted by Gasteiger charge is 2.24. The Balaban J connectivity index is 1.42. The summed E-state index contributed by atoms with van der Waals surface area (Å²) in [5, 5.41) is 12.7. The summed E-state index contributed by atoms with van der Waals surface area (Å²) < 4.78 is 25.0. The lowest BCUT2D eigenvalue weighted by atomic mass is 10.1. The van der Waals surface area contributed by atoms with Crippen LogP contribution in [0.2, 0.25) is 0 Å². The van der Waals surface area contributed by atoms with Crippen LogP contribution < -0.4 is 5.32 Å². The summed E-state index contributed by atoms with van der Waals surface area (Å²) in [7, 11) is -3.13. The molecule has 2 aliphatic rings. The number of carbonyl (C=O) groups is 1. The van der Waals surface area contributed by atoms with Crippen molar-refractivity contribution < 1.29 is 13.2 Å². The van der Waals surface area contributed by atoms with Crippen LogP contribution >= 0.6 is 0 Å². The summed E-state index contributed by atoms with van der Waals surface area (Å²) in [5.74, 6) is 1.48. The molecule has 2 aromatic rings. The van der Waals surface area contributed by atoms with Gasteiger partial charge in [-0.25, -0.2) is 8.42 Å². The second-order valence-electron chi connectivity index (χ2n) is 7.15. The predicted molar refractivity (Wildman–Crippen MR) is 103 cm³/mol. The van der Waals surface area contributed by atoms with Gasteiger partial charge in [-0.05, 0) is 37.1 Å². The van der Waals surface area contributed by atoms with Gasteiger partial charge in [0.2, 0.25) is 5.91 Å². The highest BCUT2D eigenvalue weighted by atomic mass is 32.2. The molecule has 0 saturated carbocycles. The number of carbonyl (C=O) groups excluding carboxylic acids is 1. The van der Waals surface area contributed by atoms with Crippen LogP contribution in [0.4, 0.5) is 5.69 Å². The number of nitrogens with one attached hydrogen (secondary N) is 1. The number of hydrogen-bond acceptors (Lipinski definition) is 5. The van der Waals surface area contributed by atoms with Crippen LogP contribution in [0.25, 0.3) is 11.4 Å². The van der Waals surface area contributed by atoms with Gasteiger partial charge in [0.15, 0.2) is 15.7 Å². The quantitative estimate of drug-likeness (QED) is 0.871. The van der Waals surface area contributed by atoms with E-state index in [1.54, 1.807) is 6.08 Å². The summed E-state index contributed by atoms with van der Waals surface area (Å²) >= 11 is 0. The number of nitrogens with zero attached hydrogens (tertiary/aromatic N) is 3. The van der Waals surface area contributed by atoms with Gasteiger partial charge in [0.25, 0.3) is 0 Å². The summed E-state index contributed by atoms with van der Waals surface area (Å²) in [6, 6.07) is 7.54. The van der Waals surface area contributed by atoms with E-state index in [9.17, 15) is 13.2 Å². The van der Waals surface area contributed by atoms with Crippen molar-refractivity contribution in [3.8, 4) is 11.4 Å². The SMILES string of the molecule is O=C(CC1C=CS(=O)(=O)C1)Nc1ccc(-c2nnc3n2CCCCC3)cc1. The van der Waals surface area contributed by atoms with Crippen LogP contribution in [0, 0.1) is 5.92 Å². The van der Waals surface area contributed by atoms with E-state index >= 15 is 0 Å². The zero-order valence-corrected chi connectivity index (χ0v) is 15.8. The first-order valence-electron chi connectivity index (χ1n) is 9.23. The molecule has 0 spiro atoms. The van der Waals surface area contributed by atoms with Crippen molar-refractivity contribution in [3.63, 3.8) is 0 Å². The van der Waals surface area contributed by atoms with Crippen molar-refractivity contribution in [1.29, 1.82) is 0 Å². The first-order chi connectivity index (χ1) is 13.0. The van der Waals surface area contributed by atoms with Gasteiger partial charge in [-0.3, -0.25) is 4.79 Å². The number of anilines is 1. The van der Waals surface area contributed by atoms with Gasteiger partial charge in [-0.1, -0.05) is 12.5 Å². The number of amides is 1. The molecule has 1 atom stereocenters. The van der Waals surface area contributed by atoms with Gasteiger partial charge in [-0.15, -0.1) is 10.2 Å². The van der Waals surface area contributed by atoms with Crippen LogP contribution in [-0.2, 0) is 27.6 Å². The van der Waals surface area contributed by atoms with Crippen LogP contribution in [0.15, 0.2) is 35.7 Å². The molecule has 1 amide bonds. The van der Waals surface area contributed by atoms with E-state index in [2.05, 4.69) is 20.1 Å². The minimum Gasteiger partial charge on any atom is -0.326 e. The molecule has 1 aromatic carbocycles. The van der Waals surface area contributed by atoms with E-state index in [-0.39, 0.29) is 24.0 Å². The second-order valence-corrected chi connectivity index (χ2v) is 9.08. The van der Waals surface area contributed by atoms with Gasteiger partial charge in [0, 0.05) is 42.0 Å². The maximum absolute atomic E-state index is 12.2. The fraction of sp³-hybridized carbons (Fsp3) is 0.421. The average Bonchev–Trinajstić information content (AvgIpc) is 3.09. The topological polar surface area (TPSA) is 93.9 Å². The zero-order valence-electron chi connectivity index (χ0n) is 15.0. The maximum atomic E-state index is 12.2. The molecular weight excluding hydrogens is 364 g/mol. The Morgan fingerprint density at radius 2 is 1.96 bits per heavy atom. The molecule has 27 heavy (non-hydrogen) atoms. The molecule has 0 saturated heterocycles. The lowest BCUT2D eigenvalue weighted by Gasteiger charge is -2.10. The second kappa shape index (κ2) is 7.26. The van der Waals surface area contributed by atoms with Crippen molar-refractivity contribution in [2.24, 2.45) is 5.92 Å². The molecule has 8 heteroatoms. The largest absolute Gasteiger partial charge is 0.326 e. The third-order valence-electron chi connectivity index (χ3n) is 4.99. The number of aryl methyl sites for hydroxylation is 1. The first kappa shape index (κ1) is 17.9. The van der Waals surface area contributed by atoms with E-state index < -0.39 is 9.84 Å². The van der Waals surface area contributed by atoms with Crippen LogP contribution in [0.5, 0.6) is 0 Å². The van der Waals surface area contributed by atoms with Crippen molar-refractivity contribution in [2.75, 3.05) is 11.1 Å². The molecule has 7 nitrogen and oxygen atoms in total. The van der Waals surface area contributed by atoms with Gasteiger partial charge >= 0.3 is 0 Å². The molecule has 1 aromatic heterocycles. The summed E-state index contributed by atoms with van der Waals surface area (Å²) in [6.45, 7) is 0.938. The van der Waals surface area contributed by atoms with E-state index in [1.807, 2.05) is 24.3 Å². The summed E-state index contributed by atoms with van der Waals surface area (Å²) in [5.41, 5.74) is 1.66. The normalized spacial score (nSPS) is 20.8. The number of sulfone groups is 1. The van der Waals surface area contributed by atoms with Gasteiger partial charge in [-0.2, -0.15) is 0 Å². The summed E-state index contributed by atoms with van der Waals surface area (Å²) in [6.07, 6.45) is 6.22. The third-order valence-corrected chi connectivity index (χ3v) is 6.45. The van der Waals surface area contributed by atoms with E-state index in [0.29, 0.717) is 5.69 Å². The number of aromatic nitrogens is 3.